The Kier molecular flexibility index (Phi) is 5.32. The van der Waals surface area contributed by atoms with Gasteiger partial charge in [-0.15, -0.1) is 0 Å². The molecule has 3 rings (SSSR count). The van der Waals surface area contributed by atoms with E-state index in [1.807, 2.05) is 6.92 Å². The molecule has 2 aromatic rings. The normalized spacial score (nSPS) is 16.7. The van der Waals surface area contributed by atoms with E-state index in [0.29, 0.717) is 34.5 Å². The van der Waals surface area contributed by atoms with Gasteiger partial charge in [0, 0.05) is 5.02 Å². The van der Waals surface area contributed by atoms with E-state index >= 15 is 0 Å². The van der Waals surface area contributed by atoms with Crippen LogP contribution in [0.1, 0.15) is 13.3 Å². The van der Waals surface area contributed by atoms with Gasteiger partial charge in [-0.3, -0.25) is 9.59 Å². The Labute approximate surface area is 156 Å². The summed E-state index contributed by atoms with van der Waals surface area (Å²) in [5, 5.41) is 3.57. The second-order valence-electron chi connectivity index (χ2n) is 5.74. The zero-order valence-electron chi connectivity index (χ0n) is 14.5. The van der Waals surface area contributed by atoms with E-state index in [0.717, 1.165) is 0 Å². The minimum absolute atomic E-state index is 0.0573. The van der Waals surface area contributed by atoms with Crippen molar-refractivity contribution in [2.24, 2.45) is 0 Å². The zero-order chi connectivity index (χ0) is 18.7. The fourth-order valence-corrected chi connectivity index (χ4v) is 3.03. The molecule has 0 aromatic heterocycles. The number of benzene rings is 2. The smallest absolute Gasteiger partial charge is 0.256 e. The summed E-state index contributed by atoms with van der Waals surface area (Å²) in [6.07, 6.45) is 0.0573. The number of nitrogens with zero attached hydrogens (tertiary/aromatic N) is 1. The zero-order valence-corrected chi connectivity index (χ0v) is 15.2. The Hall–Kier alpha value is -2.73. The molecule has 1 saturated heterocycles. The summed E-state index contributed by atoms with van der Waals surface area (Å²) < 4.78 is 10.7. The van der Waals surface area contributed by atoms with Crippen molar-refractivity contribution >= 4 is 34.8 Å². The molecule has 1 heterocycles. The van der Waals surface area contributed by atoms with Crippen molar-refractivity contribution in [1.29, 1.82) is 0 Å². The van der Waals surface area contributed by atoms with Crippen molar-refractivity contribution in [1.82, 2.24) is 0 Å². The molecule has 26 heavy (non-hydrogen) atoms. The Morgan fingerprint density at radius 2 is 1.92 bits per heavy atom. The maximum absolute atomic E-state index is 12.8. The first-order valence-electron chi connectivity index (χ1n) is 8.23. The van der Waals surface area contributed by atoms with Crippen molar-refractivity contribution < 1.29 is 19.1 Å². The minimum atomic E-state index is -0.679. The predicted octanol–water partition coefficient (Wildman–Crippen LogP) is 3.49. The van der Waals surface area contributed by atoms with E-state index in [1.165, 1.54) is 12.0 Å². The van der Waals surface area contributed by atoms with Gasteiger partial charge in [0.05, 0.1) is 31.5 Å². The number of carbonyl (C=O) groups excluding carboxylic acids is 2. The van der Waals surface area contributed by atoms with E-state index in [1.54, 1.807) is 42.5 Å². The molecule has 6 nitrogen and oxygen atoms in total. The summed E-state index contributed by atoms with van der Waals surface area (Å²) in [6, 6.07) is 11.3. The maximum Gasteiger partial charge on any atom is 0.256 e. The van der Waals surface area contributed by atoms with Crippen LogP contribution in [0.15, 0.2) is 42.5 Å². The Morgan fingerprint density at radius 3 is 2.58 bits per heavy atom. The molecule has 1 aliphatic heterocycles. The summed E-state index contributed by atoms with van der Waals surface area (Å²) in [7, 11) is 1.53. The molecule has 0 aliphatic carbocycles. The molecule has 0 radical (unpaired) electrons. The van der Waals surface area contributed by atoms with Crippen LogP contribution in [0, 0.1) is 0 Å². The lowest BCUT2D eigenvalue weighted by atomic mass is 10.2. The number of rotatable bonds is 6. The average Bonchev–Trinajstić information content (AvgIpc) is 2.90. The van der Waals surface area contributed by atoms with Crippen molar-refractivity contribution in [3.8, 4) is 11.5 Å². The fraction of sp³-hybridized carbons (Fsp3) is 0.263. The second kappa shape index (κ2) is 7.66. The molecule has 136 valence electrons. The Morgan fingerprint density at radius 1 is 1.19 bits per heavy atom. The lowest BCUT2D eigenvalue weighted by Gasteiger charge is -2.18. The number of carbonyl (C=O) groups is 2. The fourth-order valence-electron chi connectivity index (χ4n) is 2.85. The summed E-state index contributed by atoms with van der Waals surface area (Å²) in [5.41, 5.74) is 1.09. The van der Waals surface area contributed by atoms with Crippen LogP contribution in [0.25, 0.3) is 0 Å². The second-order valence-corrected chi connectivity index (χ2v) is 6.18. The van der Waals surface area contributed by atoms with E-state index in [9.17, 15) is 9.59 Å². The van der Waals surface area contributed by atoms with Gasteiger partial charge in [-0.25, -0.2) is 4.90 Å². The first-order chi connectivity index (χ1) is 12.5. The summed E-state index contributed by atoms with van der Waals surface area (Å²) in [4.78, 5) is 26.3. The molecule has 2 aromatic carbocycles. The highest BCUT2D eigenvalue weighted by Crippen LogP contribution is 2.31. The minimum Gasteiger partial charge on any atom is -0.495 e. The molecule has 2 amide bonds. The number of anilines is 2. The highest BCUT2D eigenvalue weighted by atomic mass is 35.5. The van der Waals surface area contributed by atoms with Gasteiger partial charge in [-0.1, -0.05) is 11.6 Å². The van der Waals surface area contributed by atoms with Crippen LogP contribution in [-0.4, -0.2) is 31.6 Å². The lowest BCUT2D eigenvalue weighted by molar-refractivity contribution is -0.121. The molecule has 1 atom stereocenters. The molecule has 0 unspecified atom stereocenters. The van der Waals surface area contributed by atoms with Gasteiger partial charge in [-0.05, 0) is 49.4 Å². The molecule has 0 bridgehead atoms. The van der Waals surface area contributed by atoms with Crippen molar-refractivity contribution in [3.63, 3.8) is 0 Å². The Bertz CT molecular complexity index is 823. The van der Waals surface area contributed by atoms with Gasteiger partial charge >= 0.3 is 0 Å². The molecular formula is C19H19ClN2O4. The first kappa shape index (κ1) is 18.1. The Balaban J connectivity index is 1.80. The van der Waals surface area contributed by atoms with Gasteiger partial charge in [-0.2, -0.15) is 0 Å². The largest absolute Gasteiger partial charge is 0.495 e. The van der Waals surface area contributed by atoms with Gasteiger partial charge in [0.15, 0.2) is 0 Å². The highest BCUT2D eigenvalue weighted by Gasteiger charge is 2.39. The monoisotopic (exact) mass is 374 g/mol. The number of imide groups is 1. The van der Waals surface area contributed by atoms with Gasteiger partial charge in [0.2, 0.25) is 5.91 Å². The lowest BCUT2D eigenvalue weighted by Crippen LogP contribution is -2.34. The molecule has 0 spiro atoms. The summed E-state index contributed by atoms with van der Waals surface area (Å²) in [5.74, 6) is 0.654. The number of amides is 2. The van der Waals surface area contributed by atoms with E-state index < -0.39 is 6.04 Å². The number of hydrogen-bond acceptors (Lipinski definition) is 5. The molecule has 1 aliphatic rings. The average molecular weight is 375 g/mol. The van der Waals surface area contributed by atoms with Crippen LogP contribution >= 0.6 is 11.6 Å². The van der Waals surface area contributed by atoms with Crippen LogP contribution in [0.3, 0.4) is 0 Å². The standard InChI is InChI=1S/C19H19ClN2O4/c1-3-26-14-7-5-13(6-8-14)22-18(23)11-16(19(22)24)21-15-10-12(20)4-9-17(15)25-2/h4-10,16,21H,3,11H2,1-2H3/t16-/m1/s1. The number of hydrogen-bond donors (Lipinski definition) is 1. The van der Waals surface area contributed by atoms with Gasteiger partial charge in [0.25, 0.3) is 5.91 Å². The molecular weight excluding hydrogens is 356 g/mol. The number of nitrogens with one attached hydrogen (secondary N) is 1. The van der Waals surface area contributed by atoms with Crippen LogP contribution in [0.5, 0.6) is 11.5 Å². The first-order valence-corrected chi connectivity index (χ1v) is 8.61. The van der Waals surface area contributed by atoms with Crippen LogP contribution < -0.4 is 19.7 Å². The molecule has 1 fully saturated rings. The predicted molar refractivity (Wildman–Crippen MR) is 100 cm³/mol. The number of ether oxygens (including phenoxy) is 2. The molecule has 7 heteroatoms. The summed E-state index contributed by atoms with van der Waals surface area (Å²) in [6.45, 7) is 2.44. The third-order valence-electron chi connectivity index (χ3n) is 4.04. The molecule has 0 saturated carbocycles. The number of halogens is 1. The quantitative estimate of drug-likeness (QED) is 0.784. The van der Waals surface area contributed by atoms with Crippen LogP contribution in [-0.2, 0) is 9.59 Å². The van der Waals surface area contributed by atoms with E-state index in [2.05, 4.69) is 5.32 Å². The highest BCUT2D eigenvalue weighted by molar-refractivity contribution is 6.31. The topological polar surface area (TPSA) is 67.9 Å². The molecule has 1 N–H and O–H groups in total. The van der Waals surface area contributed by atoms with Crippen molar-refractivity contribution in [2.75, 3.05) is 23.9 Å². The van der Waals surface area contributed by atoms with Crippen LogP contribution in [0.2, 0.25) is 5.02 Å². The SMILES string of the molecule is CCOc1ccc(N2C(=O)C[C@@H](Nc3cc(Cl)ccc3OC)C2=O)cc1. The summed E-state index contributed by atoms with van der Waals surface area (Å²) >= 11 is 6.02. The van der Waals surface area contributed by atoms with Gasteiger partial charge in [0.1, 0.15) is 17.5 Å². The van der Waals surface area contributed by atoms with Crippen molar-refractivity contribution in [3.05, 3.63) is 47.5 Å². The van der Waals surface area contributed by atoms with E-state index in [4.69, 9.17) is 21.1 Å². The van der Waals surface area contributed by atoms with E-state index in [-0.39, 0.29) is 18.2 Å². The third kappa shape index (κ3) is 3.60. The maximum atomic E-state index is 12.8. The van der Waals surface area contributed by atoms with Crippen molar-refractivity contribution in [2.45, 2.75) is 19.4 Å². The van der Waals surface area contributed by atoms with Crippen LogP contribution in [0.4, 0.5) is 11.4 Å². The third-order valence-corrected chi connectivity index (χ3v) is 4.28. The van der Waals surface area contributed by atoms with Gasteiger partial charge < -0.3 is 14.8 Å². The number of methoxy groups -OCH3 is 1.